The molecular weight excluding hydrogens is 343 g/mol. The fraction of sp³-hybridized carbons (Fsp3) is 0.286. The molecule has 5 nitrogen and oxygen atoms in total. The molecule has 0 saturated carbocycles. The standard InChI is InChI=1S/C21H23FN4O/c1-25(2)19(14-8-10-15(22)11-9-14)13-12-18(23)20-16-6-4-5-7-17(16)21(27)26(3)24-20/h4-11,19,23H,12-13H2,1-3H3. The number of nitrogens with one attached hydrogen (secondary N) is 1. The van der Waals surface area contributed by atoms with Crippen molar-refractivity contribution in [3.63, 3.8) is 0 Å². The molecule has 3 aromatic rings. The molecule has 0 aliphatic heterocycles. The molecule has 140 valence electrons. The first-order valence-electron chi connectivity index (χ1n) is 8.84. The molecule has 1 aromatic heterocycles. The van der Waals surface area contributed by atoms with Gasteiger partial charge in [-0.2, -0.15) is 5.10 Å². The van der Waals surface area contributed by atoms with Gasteiger partial charge in [0.25, 0.3) is 5.56 Å². The minimum atomic E-state index is -0.259. The van der Waals surface area contributed by atoms with E-state index >= 15 is 0 Å². The van der Waals surface area contributed by atoms with Gasteiger partial charge in [-0.15, -0.1) is 0 Å². The minimum absolute atomic E-state index is 0.0599. The molecule has 0 radical (unpaired) electrons. The lowest BCUT2D eigenvalue weighted by molar-refractivity contribution is 0.287. The van der Waals surface area contributed by atoms with Gasteiger partial charge in [-0.1, -0.05) is 30.3 Å². The summed E-state index contributed by atoms with van der Waals surface area (Å²) in [6.07, 6.45) is 1.19. The number of halogens is 1. The van der Waals surface area contributed by atoms with Gasteiger partial charge in [0, 0.05) is 18.5 Å². The summed E-state index contributed by atoms with van der Waals surface area (Å²) in [7, 11) is 5.54. The lowest BCUT2D eigenvalue weighted by Gasteiger charge is -2.25. The van der Waals surface area contributed by atoms with E-state index in [2.05, 4.69) is 10.00 Å². The molecule has 1 heterocycles. The summed E-state index contributed by atoms with van der Waals surface area (Å²) in [5.41, 5.74) is 1.76. The maximum absolute atomic E-state index is 13.2. The Hall–Kier alpha value is -2.86. The number of nitrogens with zero attached hydrogens (tertiary/aromatic N) is 3. The van der Waals surface area contributed by atoms with E-state index in [4.69, 9.17) is 5.41 Å². The topological polar surface area (TPSA) is 62.0 Å². The van der Waals surface area contributed by atoms with Crippen molar-refractivity contribution in [1.29, 1.82) is 5.41 Å². The van der Waals surface area contributed by atoms with Crippen LogP contribution in [0.25, 0.3) is 10.8 Å². The fourth-order valence-corrected chi connectivity index (χ4v) is 3.33. The predicted octanol–water partition coefficient (Wildman–Crippen LogP) is 3.52. The number of hydrogen-bond donors (Lipinski definition) is 1. The average molecular weight is 366 g/mol. The smallest absolute Gasteiger partial charge is 0.274 e. The van der Waals surface area contributed by atoms with Crippen LogP contribution in [-0.4, -0.2) is 34.5 Å². The quantitative estimate of drug-likeness (QED) is 0.679. The number of benzene rings is 2. The second-order valence-corrected chi connectivity index (χ2v) is 6.87. The van der Waals surface area contributed by atoms with E-state index in [-0.39, 0.29) is 17.4 Å². The molecule has 0 saturated heterocycles. The Kier molecular flexibility index (Phi) is 5.46. The molecule has 27 heavy (non-hydrogen) atoms. The Morgan fingerprint density at radius 3 is 2.41 bits per heavy atom. The van der Waals surface area contributed by atoms with Crippen LogP contribution < -0.4 is 5.56 Å². The third-order valence-corrected chi connectivity index (χ3v) is 4.79. The first kappa shape index (κ1) is 18.9. The van der Waals surface area contributed by atoms with Crippen molar-refractivity contribution in [3.8, 4) is 0 Å². The van der Waals surface area contributed by atoms with Crippen molar-refractivity contribution in [2.24, 2.45) is 7.05 Å². The molecule has 0 aliphatic rings. The van der Waals surface area contributed by atoms with Gasteiger partial charge in [0.05, 0.1) is 11.1 Å². The van der Waals surface area contributed by atoms with Gasteiger partial charge in [0.2, 0.25) is 0 Å². The van der Waals surface area contributed by atoms with Crippen molar-refractivity contribution < 1.29 is 4.39 Å². The molecule has 3 rings (SSSR count). The highest BCUT2D eigenvalue weighted by atomic mass is 19.1. The Balaban J connectivity index is 1.87. The van der Waals surface area contributed by atoms with Crippen molar-refractivity contribution in [1.82, 2.24) is 14.7 Å². The zero-order valence-corrected chi connectivity index (χ0v) is 15.7. The summed E-state index contributed by atoms with van der Waals surface area (Å²) >= 11 is 0. The van der Waals surface area contributed by atoms with Gasteiger partial charge in [0.1, 0.15) is 11.5 Å². The lowest BCUT2D eigenvalue weighted by atomic mass is 9.97. The molecule has 0 bridgehead atoms. The van der Waals surface area contributed by atoms with Gasteiger partial charge < -0.3 is 10.3 Å². The average Bonchev–Trinajstić information content (AvgIpc) is 2.66. The molecule has 1 N–H and O–H groups in total. The molecule has 1 atom stereocenters. The molecule has 1 unspecified atom stereocenters. The van der Waals surface area contributed by atoms with Crippen molar-refractivity contribution in [2.45, 2.75) is 18.9 Å². The Morgan fingerprint density at radius 2 is 1.78 bits per heavy atom. The lowest BCUT2D eigenvalue weighted by Crippen LogP contribution is -2.24. The van der Waals surface area contributed by atoms with E-state index in [0.29, 0.717) is 35.0 Å². The highest BCUT2D eigenvalue weighted by Gasteiger charge is 2.18. The second kappa shape index (κ2) is 7.80. The van der Waals surface area contributed by atoms with Crippen LogP contribution in [0.1, 0.15) is 30.1 Å². The summed E-state index contributed by atoms with van der Waals surface area (Å²) in [6.45, 7) is 0. The maximum atomic E-state index is 13.2. The van der Waals surface area contributed by atoms with Crippen LogP contribution in [0.2, 0.25) is 0 Å². The predicted molar refractivity (Wildman–Crippen MR) is 106 cm³/mol. The first-order chi connectivity index (χ1) is 12.9. The van der Waals surface area contributed by atoms with Crippen LogP contribution in [0.4, 0.5) is 4.39 Å². The number of rotatable bonds is 6. The largest absolute Gasteiger partial charge is 0.303 e. The second-order valence-electron chi connectivity index (χ2n) is 6.87. The van der Waals surface area contributed by atoms with E-state index in [1.807, 2.05) is 32.3 Å². The highest BCUT2D eigenvalue weighted by Crippen LogP contribution is 2.25. The third-order valence-electron chi connectivity index (χ3n) is 4.79. The van der Waals surface area contributed by atoms with Gasteiger partial charge >= 0.3 is 0 Å². The third kappa shape index (κ3) is 3.95. The Labute approximate surface area is 157 Å². The summed E-state index contributed by atoms with van der Waals surface area (Å²) in [5.74, 6) is -0.259. The van der Waals surface area contributed by atoms with Crippen LogP contribution in [0.15, 0.2) is 53.3 Å². The van der Waals surface area contributed by atoms with Gasteiger partial charge in [-0.05, 0) is 50.7 Å². The fourth-order valence-electron chi connectivity index (χ4n) is 3.33. The van der Waals surface area contributed by atoms with Gasteiger partial charge in [-0.3, -0.25) is 4.79 Å². The number of fused-ring (bicyclic) bond motifs is 1. The molecule has 2 aromatic carbocycles. The van der Waals surface area contributed by atoms with Crippen LogP contribution in [0.3, 0.4) is 0 Å². The molecule has 0 fully saturated rings. The molecule has 0 aliphatic carbocycles. The van der Waals surface area contributed by atoms with E-state index in [0.717, 1.165) is 5.56 Å². The number of hydrogen-bond acceptors (Lipinski definition) is 4. The van der Waals surface area contributed by atoms with Crippen LogP contribution >= 0.6 is 0 Å². The zero-order chi connectivity index (χ0) is 19.6. The van der Waals surface area contributed by atoms with E-state index in [1.165, 1.54) is 16.8 Å². The molecular formula is C21H23FN4O. The SMILES string of the molecule is CN(C)C(CCC(=N)c1nn(C)c(=O)c2ccccc12)c1ccc(F)cc1. The maximum Gasteiger partial charge on any atom is 0.274 e. The van der Waals surface area contributed by atoms with E-state index < -0.39 is 0 Å². The highest BCUT2D eigenvalue weighted by molar-refractivity contribution is 6.07. The first-order valence-corrected chi connectivity index (χ1v) is 8.84. The molecule has 0 amide bonds. The number of aromatic nitrogens is 2. The van der Waals surface area contributed by atoms with E-state index in [9.17, 15) is 9.18 Å². The zero-order valence-electron chi connectivity index (χ0n) is 15.7. The molecule has 0 spiro atoms. The monoisotopic (exact) mass is 366 g/mol. The Bertz CT molecular complexity index is 1020. The summed E-state index contributed by atoms with van der Waals surface area (Å²) < 4.78 is 14.5. The van der Waals surface area contributed by atoms with Crippen LogP contribution in [0, 0.1) is 11.2 Å². The summed E-state index contributed by atoms with van der Waals surface area (Å²) in [6, 6.07) is 13.8. The van der Waals surface area contributed by atoms with Crippen molar-refractivity contribution in [2.75, 3.05) is 14.1 Å². The van der Waals surface area contributed by atoms with Crippen LogP contribution in [0.5, 0.6) is 0 Å². The van der Waals surface area contributed by atoms with Crippen molar-refractivity contribution >= 4 is 16.5 Å². The molecule has 6 heteroatoms. The number of aryl methyl sites for hydroxylation is 1. The summed E-state index contributed by atoms with van der Waals surface area (Å²) in [5, 5.41) is 14.1. The van der Waals surface area contributed by atoms with Gasteiger partial charge in [0.15, 0.2) is 0 Å². The minimum Gasteiger partial charge on any atom is -0.303 e. The van der Waals surface area contributed by atoms with Crippen molar-refractivity contribution in [3.05, 3.63) is 76.0 Å². The summed E-state index contributed by atoms with van der Waals surface area (Å²) in [4.78, 5) is 14.3. The van der Waals surface area contributed by atoms with E-state index in [1.54, 1.807) is 25.2 Å². The normalized spacial score (nSPS) is 12.5. The van der Waals surface area contributed by atoms with Gasteiger partial charge in [-0.25, -0.2) is 9.07 Å². The van der Waals surface area contributed by atoms with Crippen LogP contribution in [-0.2, 0) is 7.05 Å². The Morgan fingerprint density at radius 1 is 1.15 bits per heavy atom.